The van der Waals surface area contributed by atoms with E-state index >= 15 is 0 Å². The van der Waals surface area contributed by atoms with Gasteiger partial charge in [0.15, 0.2) is 0 Å². The fraction of sp³-hybridized carbons (Fsp3) is 0.391. The molecule has 0 radical (unpaired) electrons. The molecule has 154 valence electrons. The van der Waals surface area contributed by atoms with Crippen molar-refractivity contribution in [3.05, 3.63) is 59.7 Å². The van der Waals surface area contributed by atoms with E-state index in [1.165, 1.54) is 0 Å². The van der Waals surface area contributed by atoms with Gasteiger partial charge in [-0.25, -0.2) is 4.79 Å². The number of benzene rings is 2. The largest absolute Gasteiger partial charge is 0.497 e. The molecule has 1 N–H and O–H groups in total. The highest BCUT2D eigenvalue weighted by molar-refractivity contribution is 5.96. The Bertz CT molecular complexity index is 871. The van der Waals surface area contributed by atoms with Gasteiger partial charge >= 0.3 is 6.09 Å². The van der Waals surface area contributed by atoms with Crippen LogP contribution >= 0.6 is 0 Å². The molecule has 1 saturated heterocycles. The summed E-state index contributed by atoms with van der Waals surface area (Å²) in [5.74, 6) is 0.752. The highest BCUT2D eigenvalue weighted by atomic mass is 16.6. The highest BCUT2D eigenvalue weighted by Gasteiger charge is 2.30. The van der Waals surface area contributed by atoms with Crippen LogP contribution < -0.4 is 10.1 Å². The Hall–Kier alpha value is -3.02. The lowest BCUT2D eigenvalue weighted by Crippen LogP contribution is -2.30. The summed E-state index contributed by atoms with van der Waals surface area (Å²) in [6.07, 6.45) is 1.34. The number of hydrogen-bond donors (Lipinski definition) is 1. The molecule has 1 aliphatic heterocycles. The van der Waals surface area contributed by atoms with Crippen LogP contribution in [0.3, 0.4) is 0 Å². The maximum atomic E-state index is 13.2. The van der Waals surface area contributed by atoms with E-state index in [0.717, 1.165) is 24.2 Å². The monoisotopic (exact) mass is 396 g/mol. The van der Waals surface area contributed by atoms with Gasteiger partial charge in [-0.1, -0.05) is 18.2 Å². The molecule has 6 heteroatoms. The molecule has 3 rings (SSSR count). The SMILES string of the molecule is COc1ccc(C2CCCN2C(=O)c2cccc(NC(=O)OC(C)(C)C)c2)cc1. The highest BCUT2D eigenvalue weighted by Crippen LogP contribution is 2.34. The van der Waals surface area contributed by atoms with Crippen LogP contribution in [-0.4, -0.2) is 36.2 Å². The van der Waals surface area contributed by atoms with Crippen LogP contribution in [0.25, 0.3) is 0 Å². The van der Waals surface area contributed by atoms with E-state index in [0.29, 0.717) is 17.8 Å². The average Bonchev–Trinajstić information content (AvgIpc) is 3.16. The van der Waals surface area contributed by atoms with Crippen LogP contribution in [0.5, 0.6) is 5.75 Å². The molecule has 0 saturated carbocycles. The number of nitrogens with zero attached hydrogens (tertiary/aromatic N) is 1. The standard InChI is InChI=1S/C23H28N2O4/c1-23(2,3)29-22(27)24-18-8-5-7-17(15-18)21(26)25-14-6-9-20(25)16-10-12-19(28-4)13-11-16/h5,7-8,10-13,15,20H,6,9,14H2,1-4H3,(H,24,27). The van der Waals surface area contributed by atoms with Gasteiger partial charge in [0.05, 0.1) is 13.2 Å². The normalized spacial score (nSPS) is 16.4. The van der Waals surface area contributed by atoms with E-state index in [1.807, 2.05) is 29.2 Å². The van der Waals surface area contributed by atoms with Gasteiger partial charge in [-0.05, 0) is 69.5 Å². The first kappa shape index (κ1) is 20.7. The number of nitrogens with one attached hydrogen (secondary N) is 1. The molecule has 2 aromatic rings. The summed E-state index contributed by atoms with van der Waals surface area (Å²) in [4.78, 5) is 27.1. The average molecular weight is 396 g/mol. The lowest BCUT2D eigenvalue weighted by Gasteiger charge is -2.25. The minimum atomic E-state index is -0.585. The Balaban J connectivity index is 1.74. The molecule has 2 aromatic carbocycles. The first-order valence-electron chi connectivity index (χ1n) is 9.82. The van der Waals surface area contributed by atoms with Gasteiger partial charge < -0.3 is 14.4 Å². The Kier molecular flexibility index (Phi) is 6.11. The van der Waals surface area contributed by atoms with E-state index in [4.69, 9.17) is 9.47 Å². The molecule has 1 fully saturated rings. The van der Waals surface area contributed by atoms with Crippen LogP contribution in [0.1, 0.15) is 55.6 Å². The molecule has 2 amide bonds. The van der Waals surface area contributed by atoms with Crippen molar-refractivity contribution in [1.82, 2.24) is 4.90 Å². The smallest absolute Gasteiger partial charge is 0.412 e. The molecule has 1 atom stereocenters. The Morgan fingerprint density at radius 2 is 1.83 bits per heavy atom. The predicted octanol–water partition coefficient (Wildman–Crippen LogP) is 5.02. The van der Waals surface area contributed by atoms with Crippen molar-refractivity contribution in [2.45, 2.75) is 45.3 Å². The van der Waals surface area contributed by atoms with E-state index in [2.05, 4.69) is 5.32 Å². The van der Waals surface area contributed by atoms with Gasteiger partial charge in [0.1, 0.15) is 11.4 Å². The number of hydrogen-bond acceptors (Lipinski definition) is 4. The number of methoxy groups -OCH3 is 1. The van der Waals surface area contributed by atoms with Crippen LogP contribution in [0.15, 0.2) is 48.5 Å². The molecule has 0 aromatic heterocycles. The first-order valence-corrected chi connectivity index (χ1v) is 9.82. The van der Waals surface area contributed by atoms with Crippen LogP contribution in [0.4, 0.5) is 10.5 Å². The van der Waals surface area contributed by atoms with Crippen molar-refractivity contribution in [3.63, 3.8) is 0 Å². The third-order valence-corrected chi connectivity index (χ3v) is 4.77. The summed E-state index contributed by atoms with van der Waals surface area (Å²) >= 11 is 0. The molecule has 1 heterocycles. The number of ether oxygens (including phenoxy) is 2. The predicted molar refractivity (Wildman–Crippen MR) is 112 cm³/mol. The van der Waals surface area contributed by atoms with Gasteiger partial charge in [-0.3, -0.25) is 10.1 Å². The summed E-state index contributed by atoms with van der Waals surface area (Å²) in [6.45, 7) is 6.12. The van der Waals surface area contributed by atoms with E-state index in [1.54, 1.807) is 52.1 Å². The summed E-state index contributed by atoms with van der Waals surface area (Å²) < 4.78 is 10.5. The second-order valence-corrected chi connectivity index (χ2v) is 8.14. The zero-order valence-corrected chi connectivity index (χ0v) is 17.4. The molecule has 1 aliphatic rings. The van der Waals surface area contributed by atoms with Gasteiger partial charge in [0, 0.05) is 17.8 Å². The van der Waals surface area contributed by atoms with E-state index < -0.39 is 11.7 Å². The number of likely N-dealkylation sites (tertiary alicyclic amines) is 1. The maximum absolute atomic E-state index is 13.2. The van der Waals surface area contributed by atoms with Gasteiger partial charge in [0.2, 0.25) is 0 Å². The van der Waals surface area contributed by atoms with Crippen molar-refractivity contribution < 1.29 is 19.1 Å². The third kappa shape index (κ3) is 5.28. The maximum Gasteiger partial charge on any atom is 0.412 e. The summed E-state index contributed by atoms with van der Waals surface area (Å²) in [6, 6.07) is 14.9. The van der Waals surface area contributed by atoms with Crippen LogP contribution in [-0.2, 0) is 4.74 Å². The fourth-order valence-electron chi connectivity index (χ4n) is 3.50. The molecular formula is C23H28N2O4. The van der Waals surface area contributed by atoms with Crippen molar-refractivity contribution in [3.8, 4) is 5.75 Å². The molecular weight excluding hydrogens is 368 g/mol. The van der Waals surface area contributed by atoms with Crippen molar-refractivity contribution in [2.24, 2.45) is 0 Å². The lowest BCUT2D eigenvalue weighted by atomic mass is 10.0. The zero-order valence-electron chi connectivity index (χ0n) is 17.4. The van der Waals surface area contributed by atoms with Gasteiger partial charge in [-0.2, -0.15) is 0 Å². The van der Waals surface area contributed by atoms with Crippen LogP contribution in [0.2, 0.25) is 0 Å². The van der Waals surface area contributed by atoms with E-state index in [-0.39, 0.29) is 11.9 Å². The number of amides is 2. The minimum absolute atomic E-state index is 0.0378. The lowest BCUT2D eigenvalue weighted by molar-refractivity contribution is 0.0634. The quantitative estimate of drug-likeness (QED) is 0.788. The number of anilines is 1. The van der Waals surface area contributed by atoms with Crippen molar-refractivity contribution in [1.29, 1.82) is 0 Å². The second kappa shape index (κ2) is 8.55. The fourth-order valence-corrected chi connectivity index (χ4v) is 3.50. The third-order valence-electron chi connectivity index (χ3n) is 4.77. The molecule has 0 bridgehead atoms. The Morgan fingerprint density at radius 1 is 1.10 bits per heavy atom. The Labute approximate surface area is 171 Å². The topological polar surface area (TPSA) is 67.9 Å². The van der Waals surface area contributed by atoms with Gasteiger partial charge in [0.25, 0.3) is 5.91 Å². The molecule has 1 unspecified atom stereocenters. The molecule has 0 aliphatic carbocycles. The molecule has 29 heavy (non-hydrogen) atoms. The second-order valence-electron chi connectivity index (χ2n) is 8.14. The Morgan fingerprint density at radius 3 is 2.48 bits per heavy atom. The van der Waals surface area contributed by atoms with Crippen molar-refractivity contribution in [2.75, 3.05) is 19.0 Å². The summed E-state index contributed by atoms with van der Waals surface area (Å²) in [5.41, 5.74) is 1.59. The van der Waals surface area contributed by atoms with E-state index in [9.17, 15) is 9.59 Å². The van der Waals surface area contributed by atoms with Gasteiger partial charge in [-0.15, -0.1) is 0 Å². The van der Waals surface area contributed by atoms with Crippen molar-refractivity contribution >= 4 is 17.7 Å². The first-order chi connectivity index (χ1) is 13.8. The summed E-state index contributed by atoms with van der Waals surface area (Å²) in [7, 11) is 1.64. The molecule has 0 spiro atoms. The zero-order chi connectivity index (χ0) is 21.0. The minimum Gasteiger partial charge on any atom is -0.497 e. The number of carbonyl (C=O) groups excluding carboxylic acids is 2. The van der Waals surface area contributed by atoms with Crippen LogP contribution in [0, 0.1) is 0 Å². The molecule has 6 nitrogen and oxygen atoms in total. The number of carbonyl (C=O) groups is 2. The number of rotatable bonds is 4. The summed E-state index contributed by atoms with van der Waals surface area (Å²) in [5, 5.41) is 2.69.